The molecule has 112 valence electrons. The van der Waals surface area contributed by atoms with E-state index < -0.39 is 0 Å². The van der Waals surface area contributed by atoms with Crippen molar-refractivity contribution in [2.24, 2.45) is 17.3 Å². The Morgan fingerprint density at radius 2 is 1.76 bits per heavy atom. The van der Waals surface area contributed by atoms with Crippen LogP contribution in [0.25, 0.3) is 0 Å². The van der Waals surface area contributed by atoms with Gasteiger partial charge in [-0.15, -0.1) is 0 Å². The molecule has 2 unspecified atom stereocenters. The minimum Gasteiger partial charge on any atom is -0.469 e. The van der Waals surface area contributed by atoms with Crippen LogP contribution in [0.2, 0.25) is 0 Å². The predicted molar refractivity (Wildman–Crippen MR) is 90.0 cm³/mol. The van der Waals surface area contributed by atoms with Gasteiger partial charge in [0.1, 0.15) is 0 Å². The average molecular weight is 396 g/mol. The van der Waals surface area contributed by atoms with Gasteiger partial charge in [-0.1, -0.05) is 12.1 Å². The number of benzene rings is 1. The van der Waals surface area contributed by atoms with Gasteiger partial charge in [0.15, 0.2) is 0 Å². The molecule has 0 aliphatic heterocycles. The van der Waals surface area contributed by atoms with Crippen LogP contribution in [0.3, 0.4) is 0 Å². The SMILES string of the molecule is COC(=O)C12CC3CC(C1)CC(c1ccc(I)cc1)(C3)C2. The summed E-state index contributed by atoms with van der Waals surface area (Å²) in [6.45, 7) is 0. The van der Waals surface area contributed by atoms with Gasteiger partial charge in [0, 0.05) is 3.57 Å². The van der Waals surface area contributed by atoms with Gasteiger partial charge in [-0.25, -0.2) is 0 Å². The van der Waals surface area contributed by atoms with Gasteiger partial charge in [0.05, 0.1) is 12.5 Å². The first kappa shape index (κ1) is 14.0. The van der Waals surface area contributed by atoms with Crippen LogP contribution >= 0.6 is 22.6 Å². The van der Waals surface area contributed by atoms with Crippen molar-refractivity contribution in [1.29, 1.82) is 0 Å². The lowest BCUT2D eigenvalue weighted by Gasteiger charge is -2.61. The minimum absolute atomic E-state index is 0.0477. The van der Waals surface area contributed by atoms with E-state index in [2.05, 4.69) is 46.9 Å². The van der Waals surface area contributed by atoms with Gasteiger partial charge < -0.3 is 4.74 Å². The van der Waals surface area contributed by atoms with Gasteiger partial charge in [-0.05, 0) is 96.1 Å². The van der Waals surface area contributed by atoms with E-state index in [0.29, 0.717) is 11.8 Å². The lowest BCUT2D eigenvalue weighted by molar-refractivity contribution is -0.171. The summed E-state index contributed by atoms with van der Waals surface area (Å²) in [6, 6.07) is 9.00. The second kappa shape index (κ2) is 4.71. The van der Waals surface area contributed by atoms with Crippen molar-refractivity contribution >= 4 is 28.6 Å². The molecule has 0 saturated heterocycles. The summed E-state index contributed by atoms with van der Waals surface area (Å²) < 4.78 is 6.48. The number of hydrogen-bond acceptors (Lipinski definition) is 2. The number of carbonyl (C=O) groups is 1. The highest BCUT2D eigenvalue weighted by Gasteiger charge is 2.61. The number of methoxy groups -OCH3 is 1. The third-order valence-corrected chi connectivity index (χ3v) is 6.86. The molecule has 0 N–H and O–H groups in total. The van der Waals surface area contributed by atoms with Crippen LogP contribution in [0.15, 0.2) is 24.3 Å². The standard InChI is InChI=1S/C18H21IO2/c1-21-16(20)18-9-12-6-13(10-18)8-17(7-12,11-18)14-2-4-15(19)5-3-14/h2-5,12-13H,6-11H2,1H3. The van der Waals surface area contributed by atoms with E-state index in [-0.39, 0.29) is 16.8 Å². The number of rotatable bonds is 2. The Labute approximate surface area is 139 Å². The topological polar surface area (TPSA) is 26.3 Å². The van der Waals surface area contributed by atoms with Gasteiger partial charge >= 0.3 is 5.97 Å². The maximum Gasteiger partial charge on any atom is 0.311 e. The Morgan fingerprint density at radius 1 is 1.14 bits per heavy atom. The van der Waals surface area contributed by atoms with Crippen molar-refractivity contribution in [2.75, 3.05) is 7.11 Å². The van der Waals surface area contributed by atoms with Crippen molar-refractivity contribution in [3.63, 3.8) is 0 Å². The molecule has 2 nitrogen and oxygen atoms in total. The largest absolute Gasteiger partial charge is 0.469 e. The van der Waals surface area contributed by atoms with Crippen molar-refractivity contribution in [2.45, 2.75) is 43.9 Å². The Kier molecular flexibility index (Phi) is 3.15. The highest BCUT2D eigenvalue weighted by molar-refractivity contribution is 14.1. The summed E-state index contributed by atoms with van der Waals surface area (Å²) in [7, 11) is 1.55. The predicted octanol–water partition coefficient (Wildman–Crippen LogP) is 4.30. The van der Waals surface area contributed by atoms with Crippen LogP contribution in [0.4, 0.5) is 0 Å². The molecular weight excluding hydrogens is 375 g/mol. The van der Waals surface area contributed by atoms with E-state index in [1.807, 2.05) is 0 Å². The van der Waals surface area contributed by atoms with E-state index in [0.717, 1.165) is 19.3 Å². The van der Waals surface area contributed by atoms with E-state index in [4.69, 9.17) is 4.74 Å². The lowest BCUT2D eigenvalue weighted by Crippen LogP contribution is -2.57. The summed E-state index contributed by atoms with van der Waals surface area (Å²) in [5.74, 6) is 1.47. The Hall–Kier alpha value is -0.580. The molecule has 1 aromatic carbocycles. The summed E-state index contributed by atoms with van der Waals surface area (Å²) >= 11 is 2.36. The zero-order valence-corrected chi connectivity index (χ0v) is 14.6. The fraction of sp³-hybridized carbons (Fsp3) is 0.611. The summed E-state index contributed by atoms with van der Waals surface area (Å²) in [5.41, 5.74) is 1.48. The second-order valence-electron chi connectivity index (χ2n) is 7.52. The molecule has 4 bridgehead atoms. The molecule has 3 heteroatoms. The molecule has 0 heterocycles. The van der Waals surface area contributed by atoms with Gasteiger partial charge in [-0.3, -0.25) is 4.79 Å². The normalized spacial score (nSPS) is 40.3. The van der Waals surface area contributed by atoms with E-state index in [9.17, 15) is 4.79 Å². The molecule has 4 aliphatic carbocycles. The number of halogens is 1. The highest BCUT2D eigenvalue weighted by Crippen LogP contribution is 2.66. The summed E-state index contributed by atoms with van der Waals surface area (Å²) in [4.78, 5) is 12.5. The second-order valence-corrected chi connectivity index (χ2v) is 8.77. The molecular formula is C18H21IO2. The molecule has 1 aromatic rings. The molecule has 0 radical (unpaired) electrons. The Morgan fingerprint density at radius 3 is 2.33 bits per heavy atom. The molecule has 2 atom stereocenters. The molecule has 4 saturated carbocycles. The zero-order chi connectivity index (χ0) is 14.7. The smallest absolute Gasteiger partial charge is 0.311 e. The Bertz CT molecular complexity index is 563. The number of hydrogen-bond donors (Lipinski definition) is 0. The molecule has 0 aromatic heterocycles. The average Bonchev–Trinajstić information content (AvgIpc) is 2.45. The molecule has 5 rings (SSSR count). The monoisotopic (exact) mass is 396 g/mol. The number of carbonyl (C=O) groups excluding carboxylic acids is 1. The van der Waals surface area contributed by atoms with Crippen molar-refractivity contribution in [3.8, 4) is 0 Å². The molecule has 4 fully saturated rings. The van der Waals surface area contributed by atoms with Gasteiger partial charge in [-0.2, -0.15) is 0 Å². The number of esters is 1. The van der Waals surface area contributed by atoms with Crippen molar-refractivity contribution in [3.05, 3.63) is 33.4 Å². The van der Waals surface area contributed by atoms with Crippen LogP contribution < -0.4 is 0 Å². The van der Waals surface area contributed by atoms with Crippen molar-refractivity contribution < 1.29 is 9.53 Å². The third-order valence-electron chi connectivity index (χ3n) is 6.14. The van der Waals surface area contributed by atoms with Gasteiger partial charge in [0.2, 0.25) is 0 Å². The van der Waals surface area contributed by atoms with Crippen LogP contribution in [-0.2, 0) is 14.9 Å². The maximum absolute atomic E-state index is 12.5. The van der Waals surface area contributed by atoms with E-state index in [1.54, 1.807) is 7.11 Å². The van der Waals surface area contributed by atoms with Crippen LogP contribution in [0, 0.1) is 20.8 Å². The summed E-state index contributed by atoms with van der Waals surface area (Å²) in [6.07, 6.45) is 6.97. The van der Waals surface area contributed by atoms with Gasteiger partial charge in [0.25, 0.3) is 0 Å². The fourth-order valence-corrected chi connectivity index (χ4v) is 6.22. The van der Waals surface area contributed by atoms with Crippen LogP contribution in [-0.4, -0.2) is 13.1 Å². The maximum atomic E-state index is 12.5. The van der Waals surface area contributed by atoms with E-state index in [1.165, 1.54) is 28.4 Å². The van der Waals surface area contributed by atoms with E-state index >= 15 is 0 Å². The van der Waals surface area contributed by atoms with Crippen LogP contribution in [0.1, 0.15) is 44.1 Å². The Balaban J connectivity index is 1.76. The molecule has 0 spiro atoms. The highest BCUT2D eigenvalue weighted by atomic mass is 127. The van der Waals surface area contributed by atoms with Crippen LogP contribution in [0.5, 0.6) is 0 Å². The molecule has 21 heavy (non-hydrogen) atoms. The first-order valence-electron chi connectivity index (χ1n) is 7.90. The first-order valence-corrected chi connectivity index (χ1v) is 8.98. The quantitative estimate of drug-likeness (QED) is 0.551. The summed E-state index contributed by atoms with van der Waals surface area (Å²) in [5, 5.41) is 0. The third kappa shape index (κ3) is 2.07. The van der Waals surface area contributed by atoms with Crippen molar-refractivity contribution in [1.82, 2.24) is 0 Å². The lowest BCUT2D eigenvalue weighted by atomic mass is 9.43. The molecule has 0 amide bonds. The zero-order valence-electron chi connectivity index (χ0n) is 12.4. The number of ether oxygens (including phenoxy) is 1. The fourth-order valence-electron chi connectivity index (χ4n) is 5.86. The molecule has 4 aliphatic rings. The first-order chi connectivity index (χ1) is 10.1. The minimum atomic E-state index is -0.193.